The van der Waals surface area contributed by atoms with E-state index in [1.807, 2.05) is 18.2 Å². The summed E-state index contributed by atoms with van der Waals surface area (Å²) in [6.07, 6.45) is 1.93. The molecule has 0 aliphatic rings. The Balaban J connectivity index is 2.41. The van der Waals surface area contributed by atoms with Crippen molar-refractivity contribution in [1.29, 1.82) is 0 Å². The third-order valence-electron chi connectivity index (χ3n) is 2.21. The number of nitrogens with one attached hydrogen (secondary N) is 2. The van der Waals surface area contributed by atoms with E-state index in [0.29, 0.717) is 0 Å². The zero-order valence-corrected chi connectivity index (χ0v) is 9.34. The fourth-order valence-electron chi connectivity index (χ4n) is 1.52. The Morgan fingerprint density at radius 2 is 2.33 bits per heavy atom. The van der Waals surface area contributed by atoms with E-state index in [1.54, 1.807) is 11.7 Å². The number of benzene rings is 1. The maximum Gasteiger partial charge on any atom is 0.247 e. The van der Waals surface area contributed by atoms with Crippen LogP contribution in [0.15, 0.2) is 28.9 Å². The predicted molar refractivity (Wildman–Crippen MR) is 59.6 cm³/mol. The first-order valence-corrected chi connectivity index (χ1v) is 5.18. The standard InChI is InChI=1S/C10H9BrN2O2/c11-7-1-2-8-6(3-10(14)13-15)5-12-9(8)4-7/h1-2,4-5,12,15H,3H2,(H,13,14). The molecule has 5 heteroatoms. The molecule has 2 rings (SSSR count). The van der Waals surface area contributed by atoms with Crippen molar-refractivity contribution >= 4 is 32.7 Å². The molecule has 0 atom stereocenters. The average Bonchev–Trinajstić information content (AvgIpc) is 2.60. The number of aromatic nitrogens is 1. The van der Waals surface area contributed by atoms with Gasteiger partial charge < -0.3 is 4.98 Å². The minimum absolute atomic E-state index is 0.165. The SMILES string of the molecule is O=C(Cc1c[nH]c2cc(Br)ccc12)NO. The summed E-state index contributed by atoms with van der Waals surface area (Å²) in [5, 5.41) is 9.42. The molecule has 0 bridgehead atoms. The van der Waals surface area contributed by atoms with Crippen LogP contribution in [0.3, 0.4) is 0 Å². The van der Waals surface area contributed by atoms with Gasteiger partial charge in [0.05, 0.1) is 6.42 Å². The third kappa shape index (κ3) is 2.03. The van der Waals surface area contributed by atoms with Gasteiger partial charge in [-0.3, -0.25) is 10.0 Å². The largest absolute Gasteiger partial charge is 0.361 e. The van der Waals surface area contributed by atoms with E-state index in [-0.39, 0.29) is 6.42 Å². The number of rotatable bonds is 2. The van der Waals surface area contributed by atoms with Gasteiger partial charge in [-0.1, -0.05) is 22.0 Å². The first-order valence-electron chi connectivity index (χ1n) is 4.39. The van der Waals surface area contributed by atoms with Crippen molar-refractivity contribution in [3.8, 4) is 0 Å². The molecule has 0 aliphatic carbocycles. The first-order chi connectivity index (χ1) is 7.20. The minimum Gasteiger partial charge on any atom is -0.361 e. The zero-order valence-electron chi connectivity index (χ0n) is 7.75. The van der Waals surface area contributed by atoms with Crippen LogP contribution < -0.4 is 5.48 Å². The van der Waals surface area contributed by atoms with E-state index in [2.05, 4.69) is 20.9 Å². The summed E-state index contributed by atoms with van der Waals surface area (Å²) in [6, 6.07) is 5.78. The van der Waals surface area contributed by atoms with Crippen LogP contribution in [0.2, 0.25) is 0 Å². The highest BCUT2D eigenvalue weighted by molar-refractivity contribution is 9.10. The van der Waals surface area contributed by atoms with Crippen molar-refractivity contribution < 1.29 is 10.0 Å². The second-order valence-corrected chi connectivity index (χ2v) is 4.13. The molecule has 0 aliphatic heterocycles. The van der Waals surface area contributed by atoms with E-state index in [9.17, 15) is 4.79 Å². The van der Waals surface area contributed by atoms with Gasteiger partial charge in [-0.2, -0.15) is 0 Å². The Hall–Kier alpha value is -1.33. The van der Waals surface area contributed by atoms with Gasteiger partial charge >= 0.3 is 0 Å². The highest BCUT2D eigenvalue weighted by Crippen LogP contribution is 2.22. The summed E-state index contributed by atoms with van der Waals surface area (Å²) in [6.45, 7) is 0. The molecule has 78 valence electrons. The molecule has 1 amide bonds. The number of fused-ring (bicyclic) bond motifs is 1. The number of H-pyrrole nitrogens is 1. The summed E-state index contributed by atoms with van der Waals surface area (Å²) in [5.41, 5.74) is 3.45. The third-order valence-corrected chi connectivity index (χ3v) is 2.70. The van der Waals surface area contributed by atoms with Crippen LogP contribution in [0.5, 0.6) is 0 Å². The molecule has 1 aromatic heterocycles. The number of hydrogen-bond acceptors (Lipinski definition) is 2. The van der Waals surface area contributed by atoms with Crippen molar-refractivity contribution in [2.45, 2.75) is 6.42 Å². The Morgan fingerprint density at radius 1 is 1.53 bits per heavy atom. The molecule has 0 spiro atoms. The number of halogens is 1. The summed E-state index contributed by atoms with van der Waals surface area (Å²) >= 11 is 3.37. The van der Waals surface area contributed by atoms with Gasteiger partial charge in [0.15, 0.2) is 0 Å². The van der Waals surface area contributed by atoms with Crippen LogP contribution >= 0.6 is 15.9 Å². The van der Waals surface area contributed by atoms with Crippen molar-refractivity contribution in [3.63, 3.8) is 0 Å². The lowest BCUT2D eigenvalue weighted by atomic mass is 10.1. The van der Waals surface area contributed by atoms with E-state index >= 15 is 0 Å². The van der Waals surface area contributed by atoms with Crippen molar-refractivity contribution in [2.75, 3.05) is 0 Å². The molecule has 1 aromatic carbocycles. The van der Waals surface area contributed by atoms with Gasteiger partial charge in [0.1, 0.15) is 0 Å². The van der Waals surface area contributed by atoms with Gasteiger partial charge in [-0.15, -0.1) is 0 Å². The van der Waals surface area contributed by atoms with Gasteiger partial charge in [0, 0.05) is 21.6 Å². The van der Waals surface area contributed by atoms with Gasteiger partial charge in [0.25, 0.3) is 0 Å². The molecule has 0 radical (unpaired) electrons. The minimum atomic E-state index is -0.418. The monoisotopic (exact) mass is 268 g/mol. The van der Waals surface area contributed by atoms with Gasteiger partial charge in [-0.05, 0) is 17.7 Å². The number of carbonyl (C=O) groups excluding carboxylic acids is 1. The lowest BCUT2D eigenvalue weighted by molar-refractivity contribution is -0.128. The Kier molecular flexibility index (Phi) is 2.75. The quantitative estimate of drug-likeness (QED) is 0.576. The predicted octanol–water partition coefficient (Wildman–Crippen LogP) is 1.98. The molecule has 4 nitrogen and oxygen atoms in total. The Morgan fingerprint density at radius 3 is 3.07 bits per heavy atom. The molecular formula is C10H9BrN2O2. The summed E-state index contributed by atoms with van der Waals surface area (Å²) < 4.78 is 0.981. The fraction of sp³-hybridized carbons (Fsp3) is 0.100. The van der Waals surface area contributed by atoms with Crippen LogP contribution in [0.4, 0.5) is 0 Å². The molecule has 15 heavy (non-hydrogen) atoms. The van der Waals surface area contributed by atoms with Crippen LogP contribution in [0.1, 0.15) is 5.56 Å². The zero-order chi connectivity index (χ0) is 10.8. The summed E-state index contributed by atoms with van der Waals surface area (Å²) in [4.78, 5) is 14.1. The highest BCUT2D eigenvalue weighted by atomic mass is 79.9. The van der Waals surface area contributed by atoms with E-state index in [1.165, 1.54) is 0 Å². The molecule has 2 aromatic rings. The first kappa shape index (κ1) is 10.2. The molecule has 1 heterocycles. The number of aromatic amines is 1. The molecule has 0 unspecified atom stereocenters. The molecule has 0 saturated heterocycles. The second kappa shape index (κ2) is 4.04. The highest BCUT2D eigenvalue weighted by Gasteiger charge is 2.07. The second-order valence-electron chi connectivity index (χ2n) is 3.22. The van der Waals surface area contributed by atoms with Crippen LogP contribution in [-0.4, -0.2) is 16.1 Å². The molecule has 0 fully saturated rings. The van der Waals surface area contributed by atoms with Crippen LogP contribution in [0.25, 0.3) is 10.9 Å². The Bertz CT molecular complexity index is 507. The normalized spacial score (nSPS) is 10.5. The molecule has 0 saturated carbocycles. The van der Waals surface area contributed by atoms with E-state index < -0.39 is 5.91 Å². The molecule has 3 N–H and O–H groups in total. The topological polar surface area (TPSA) is 65.1 Å². The number of hydrogen-bond donors (Lipinski definition) is 3. The maximum absolute atomic E-state index is 11.0. The van der Waals surface area contributed by atoms with Crippen molar-refractivity contribution in [3.05, 3.63) is 34.4 Å². The summed E-state index contributed by atoms with van der Waals surface area (Å²) in [5.74, 6) is -0.418. The average molecular weight is 269 g/mol. The van der Waals surface area contributed by atoms with E-state index in [4.69, 9.17) is 5.21 Å². The van der Waals surface area contributed by atoms with Crippen LogP contribution in [0, 0.1) is 0 Å². The smallest absolute Gasteiger partial charge is 0.247 e. The van der Waals surface area contributed by atoms with Crippen molar-refractivity contribution in [2.24, 2.45) is 0 Å². The number of amides is 1. The lowest BCUT2D eigenvalue weighted by Gasteiger charge is -1.97. The van der Waals surface area contributed by atoms with E-state index in [0.717, 1.165) is 20.9 Å². The van der Waals surface area contributed by atoms with Crippen LogP contribution in [-0.2, 0) is 11.2 Å². The van der Waals surface area contributed by atoms with Gasteiger partial charge in [-0.25, -0.2) is 5.48 Å². The van der Waals surface area contributed by atoms with Gasteiger partial charge in [0.2, 0.25) is 5.91 Å². The number of carbonyl (C=O) groups is 1. The van der Waals surface area contributed by atoms with Crippen molar-refractivity contribution in [1.82, 2.24) is 10.5 Å². The number of hydroxylamine groups is 1. The lowest BCUT2D eigenvalue weighted by Crippen LogP contribution is -2.20. The summed E-state index contributed by atoms with van der Waals surface area (Å²) in [7, 11) is 0. The maximum atomic E-state index is 11.0. The molecular weight excluding hydrogens is 260 g/mol. The fourth-order valence-corrected chi connectivity index (χ4v) is 1.88. The Labute approximate surface area is 94.4 Å².